The lowest BCUT2D eigenvalue weighted by molar-refractivity contribution is 0.0447. The van der Waals surface area contributed by atoms with E-state index in [1.807, 2.05) is 11.8 Å². The van der Waals surface area contributed by atoms with E-state index in [4.69, 9.17) is 4.74 Å². The summed E-state index contributed by atoms with van der Waals surface area (Å²) in [5.41, 5.74) is -0.156. The number of nitrogens with zero attached hydrogens (tertiary/aromatic N) is 4. The monoisotopic (exact) mass is 626 g/mol. The molecule has 2 fully saturated rings. The smallest absolute Gasteiger partial charge is 0.319 e. The molecule has 44 heavy (non-hydrogen) atoms. The van der Waals surface area contributed by atoms with Crippen molar-refractivity contribution in [2.75, 3.05) is 37.4 Å². The van der Waals surface area contributed by atoms with E-state index in [1.54, 1.807) is 25.1 Å². The molecule has 234 valence electrons. The summed E-state index contributed by atoms with van der Waals surface area (Å²) in [5.74, 6) is -0.737. The molecular formula is C32H36F2N4O5S. The summed E-state index contributed by atoms with van der Waals surface area (Å²) in [4.78, 5) is 11.0. The van der Waals surface area contributed by atoms with Crippen molar-refractivity contribution in [1.29, 1.82) is 0 Å². The molecule has 3 heterocycles. The zero-order valence-electron chi connectivity index (χ0n) is 25.0. The Kier molecular flexibility index (Phi) is 7.87. The summed E-state index contributed by atoms with van der Waals surface area (Å²) in [5, 5.41) is 22.8. The molecule has 0 spiro atoms. The number of benzene rings is 3. The highest BCUT2D eigenvalue weighted by molar-refractivity contribution is 7.89. The van der Waals surface area contributed by atoms with Crippen LogP contribution in [0.3, 0.4) is 0 Å². The van der Waals surface area contributed by atoms with Crippen LogP contribution < -0.4 is 9.64 Å². The number of aromatic hydroxyl groups is 1. The first-order chi connectivity index (χ1) is 20.9. The number of sulfonamides is 1. The van der Waals surface area contributed by atoms with Gasteiger partial charge in [-0.1, -0.05) is 19.1 Å². The van der Waals surface area contributed by atoms with E-state index in [1.165, 1.54) is 29.6 Å². The van der Waals surface area contributed by atoms with Crippen LogP contribution in [0.2, 0.25) is 0 Å². The van der Waals surface area contributed by atoms with Crippen molar-refractivity contribution in [3.8, 4) is 22.9 Å². The zero-order chi connectivity index (χ0) is 31.4. The van der Waals surface area contributed by atoms with Gasteiger partial charge in [-0.25, -0.2) is 17.2 Å². The Labute approximate surface area is 255 Å². The number of aryl methyl sites for hydroxylation is 1. The predicted octanol–water partition coefficient (Wildman–Crippen LogP) is 5.15. The van der Waals surface area contributed by atoms with Crippen molar-refractivity contribution in [2.24, 2.45) is 0 Å². The van der Waals surface area contributed by atoms with Gasteiger partial charge in [-0.3, -0.25) is 0 Å². The standard InChI is InChI=1S/C32H36F2N4O5S/c1-4-22-26(33)11-8-19-15-21(39)16-25(27(19)22)23-9-10-24-29(28(23)34)35-31(36-30(24)38-13-6-12-32(2,40)18-38)43-17-20-7-5-14-44(41,42)37(20)3/h8-11,15-16,20,39-40H,4-7,12-14,17-18H2,1-3H3/t20?,32-/m1/s1. The van der Waals surface area contributed by atoms with Crippen molar-refractivity contribution >= 4 is 37.5 Å². The van der Waals surface area contributed by atoms with Crippen molar-refractivity contribution < 1.29 is 32.1 Å². The van der Waals surface area contributed by atoms with E-state index in [0.717, 1.165) is 0 Å². The lowest BCUT2D eigenvalue weighted by Gasteiger charge is -2.38. The fourth-order valence-electron chi connectivity index (χ4n) is 6.51. The summed E-state index contributed by atoms with van der Waals surface area (Å²) in [6, 6.07) is 8.57. The van der Waals surface area contributed by atoms with Gasteiger partial charge in [0.15, 0.2) is 5.82 Å². The summed E-state index contributed by atoms with van der Waals surface area (Å²) >= 11 is 0. The molecule has 3 aromatic carbocycles. The molecule has 4 aromatic rings. The molecule has 2 aliphatic rings. The number of aromatic nitrogens is 2. The van der Waals surface area contributed by atoms with Gasteiger partial charge in [-0.2, -0.15) is 14.3 Å². The van der Waals surface area contributed by atoms with Crippen molar-refractivity contribution in [3.63, 3.8) is 0 Å². The number of hydrogen-bond donors (Lipinski definition) is 2. The molecule has 0 bridgehead atoms. The molecule has 2 aliphatic heterocycles. The quantitative estimate of drug-likeness (QED) is 0.302. The molecule has 0 amide bonds. The third-order valence-electron chi connectivity index (χ3n) is 8.83. The Morgan fingerprint density at radius 2 is 1.91 bits per heavy atom. The largest absolute Gasteiger partial charge is 0.508 e. The highest BCUT2D eigenvalue weighted by atomic mass is 32.2. The Morgan fingerprint density at radius 3 is 2.66 bits per heavy atom. The van der Waals surface area contributed by atoms with E-state index in [2.05, 4.69) is 9.97 Å². The number of phenolic OH excluding ortho intramolecular Hbond substituents is 1. The number of ether oxygens (including phenoxy) is 1. The van der Waals surface area contributed by atoms with Gasteiger partial charge in [0.05, 0.1) is 17.4 Å². The maximum atomic E-state index is 16.7. The molecule has 2 atom stereocenters. The van der Waals surface area contributed by atoms with Gasteiger partial charge in [-0.15, -0.1) is 0 Å². The number of anilines is 1. The van der Waals surface area contributed by atoms with E-state index in [0.29, 0.717) is 71.8 Å². The SMILES string of the molecule is CCc1c(F)ccc2cc(O)cc(-c3ccc4c(N5CCC[C@@](C)(O)C5)nc(OCC5CCCS(=O)(=O)N5C)nc4c3F)c12. The topological polar surface area (TPSA) is 116 Å². The second kappa shape index (κ2) is 11.4. The lowest BCUT2D eigenvalue weighted by atomic mass is 9.92. The summed E-state index contributed by atoms with van der Waals surface area (Å²) in [7, 11) is -1.87. The molecule has 0 aliphatic carbocycles. The van der Waals surface area contributed by atoms with Crippen LogP contribution >= 0.6 is 0 Å². The van der Waals surface area contributed by atoms with Crippen molar-refractivity contribution in [2.45, 2.75) is 57.6 Å². The number of phenols is 1. The van der Waals surface area contributed by atoms with Crippen LogP contribution in [0.4, 0.5) is 14.6 Å². The maximum Gasteiger partial charge on any atom is 0.319 e. The highest BCUT2D eigenvalue weighted by Gasteiger charge is 2.33. The van der Waals surface area contributed by atoms with Crippen LogP contribution in [-0.4, -0.2) is 77.0 Å². The molecule has 1 aromatic heterocycles. The molecule has 2 saturated heterocycles. The molecule has 9 nitrogen and oxygen atoms in total. The van der Waals surface area contributed by atoms with Gasteiger partial charge in [0.25, 0.3) is 0 Å². The Hall–Kier alpha value is -3.61. The first-order valence-electron chi connectivity index (χ1n) is 14.9. The summed E-state index contributed by atoms with van der Waals surface area (Å²) in [6.45, 7) is 4.38. The number of rotatable bonds is 6. The van der Waals surface area contributed by atoms with Crippen LogP contribution in [0.15, 0.2) is 36.4 Å². The highest BCUT2D eigenvalue weighted by Crippen LogP contribution is 2.40. The molecule has 0 radical (unpaired) electrons. The molecular weight excluding hydrogens is 590 g/mol. The third-order valence-corrected chi connectivity index (χ3v) is 10.8. The number of hydrogen-bond acceptors (Lipinski definition) is 8. The zero-order valence-corrected chi connectivity index (χ0v) is 25.8. The number of likely N-dealkylation sites (N-methyl/N-ethyl adjacent to an activating group) is 1. The van der Waals surface area contributed by atoms with E-state index in [9.17, 15) is 23.0 Å². The lowest BCUT2D eigenvalue weighted by Crippen LogP contribution is -2.46. The Bertz CT molecular complexity index is 1870. The molecule has 1 unspecified atom stereocenters. The fourth-order valence-corrected chi connectivity index (χ4v) is 7.95. The van der Waals surface area contributed by atoms with Crippen LogP contribution in [0, 0.1) is 11.6 Å². The minimum atomic E-state index is -3.39. The average Bonchev–Trinajstić information content (AvgIpc) is 2.97. The second-order valence-corrected chi connectivity index (χ2v) is 14.2. The maximum absolute atomic E-state index is 16.7. The summed E-state index contributed by atoms with van der Waals surface area (Å²) in [6.07, 6.45) is 2.77. The van der Waals surface area contributed by atoms with Gasteiger partial charge < -0.3 is 19.8 Å². The number of aliphatic hydroxyl groups is 1. The minimum absolute atomic E-state index is 0.0178. The number of halogens is 2. The van der Waals surface area contributed by atoms with Crippen LogP contribution in [0.25, 0.3) is 32.8 Å². The predicted molar refractivity (Wildman–Crippen MR) is 166 cm³/mol. The first-order valence-corrected chi connectivity index (χ1v) is 16.5. The van der Waals surface area contributed by atoms with Gasteiger partial charge in [0.1, 0.15) is 29.5 Å². The molecule has 6 rings (SSSR count). The van der Waals surface area contributed by atoms with E-state index >= 15 is 4.39 Å². The summed E-state index contributed by atoms with van der Waals surface area (Å²) < 4.78 is 63.7. The van der Waals surface area contributed by atoms with Crippen LogP contribution in [-0.2, 0) is 16.4 Å². The van der Waals surface area contributed by atoms with Gasteiger partial charge >= 0.3 is 6.01 Å². The molecule has 0 saturated carbocycles. The van der Waals surface area contributed by atoms with E-state index < -0.39 is 33.3 Å². The Balaban J connectivity index is 1.51. The number of fused-ring (bicyclic) bond motifs is 2. The minimum Gasteiger partial charge on any atom is -0.508 e. The first kappa shape index (κ1) is 30.4. The fraction of sp³-hybridized carbons (Fsp3) is 0.438. The van der Waals surface area contributed by atoms with Gasteiger partial charge in [0.2, 0.25) is 10.0 Å². The number of piperidine rings is 1. The van der Waals surface area contributed by atoms with E-state index in [-0.39, 0.29) is 41.7 Å². The number of β-amino-alcohol motifs (C(OH)–C–C–N with tert-alkyl or cyclic N) is 1. The van der Waals surface area contributed by atoms with Gasteiger partial charge in [0, 0.05) is 31.1 Å². The Morgan fingerprint density at radius 1 is 1.11 bits per heavy atom. The molecule has 12 heteroatoms. The van der Waals surface area contributed by atoms with Gasteiger partial charge in [-0.05, 0) is 85.2 Å². The average molecular weight is 627 g/mol. The van der Waals surface area contributed by atoms with Crippen molar-refractivity contribution in [1.82, 2.24) is 14.3 Å². The normalized spacial score (nSPS) is 22.5. The van der Waals surface area contributed by atoms with Crippen molar-refractivity contribution in [3.05, 3.63) is 53.6 Å². The van der Waals surface area contributed by atoms with Crippen LogP contribution in [0.1, 0.15) is 45.1 Å². The second-order valence-electron chi connectivity index (χ2n) is 12.1. The van der Waals surface area contributed by atoms with Crippen LogP contribution in [0.5, 0.6) is 11.8 Å². The molecule has 2 N–H and O–H groups in total. The third kappa shape index (κ3) is 5.54.